The minimum absolute atomic E-state index is 0.409. The molecule has 0 amide bonds. The van der Waals surface area contributed by atoms with Gasteiger partial charge in [-0.3, -0.25) is 0 Å². The Balaban J connectivity index is 2.42. The van der Waals surface area contributed by atoms with E-state index in [9.17, 15) is 0 Å². The molecule has 0 aromatic heterocycles. The highest BCUT2D eigenvalue weighted by Crippen LogP contribution is 2.27. The SMILES string of the molecule is CCC(CC#N)NC1CCCCC1CC. The molecule has 1 saturated carbocycles. The van der Waals surface area contributed by atoms with Gasteiger partial charge in [-0.05, 0) is 25.2 Å². The van der Waals surface area contributed by atoms with Gasteiger partial charge in [-0.15, -0.1) is 0 Å². The molecule has 0 aliphatic heterocycles. The molecule has 0 bridgehead atoms. The van der Waals surface area contributed by atoms with Crippen LogP contribution in [0.3, 0.4) is 0 Å². The number of rotatable bonds is 5. The van der Waals surface area contributed by atoms with Crippen LogP contribution in [0.2, 0.25) is 0 Å². The van der Waals surface area contributed by atoms with E-state index >= 15 is 0 Å². The highest BCUT2D eigenvalue weighted by atomic mass is 15.0. The van der Waals surface area contributed by atoms with Crippen molar-refractivity contribution in [2.45, 2.75) is 70.9 Å². The second-order valence-electron chi connectivity index (χ2n) is 4.69. The van der Waals surface area contributed by atoms with Crippen molar-refractivity contribution in [2.24, 2.45) is 5.92 Å². The molecule has 1 aliphatic carbocycles. The molecule has 2 nitrogen and oxygen atoms in total. The zero-order valence-electron chi connectivity index (χ0n) is 10.1. The fourth-order valence-electron chi connectivity index (χ4n) is 2.65. The Morgan fingerprint density at radius 1 is 1.33 bits per heavy atom. The lowest BCUT2D eigenvalue weighted by Crippen LogP contribution is -2.43. The molecule has 3 atom stereocenters. The molecular weight excluding hydrogens is 184 g/mol. The third kappa shape index (κ3) is 3.83. The van der Waals surface area contributed by atoms with Crippen molar-refractivity contribution in [3.05, 3.63) is 0 Å². The number of hydrogen-bond donors (Lipinski definition) is 1. The quantitative estimate of drug-likeness (QED) is 0.753. The molecule has 1 fully saturated rings. The van der Waals surface area contributed by atoms with Crippen molar-refractivity contribution >= 4 is 0 Å². The Bertz CT molecular complexity index is 207. The predicted molar refractivity (Wildman–Crippen MR) is 63.5 cm³/mol. The zero-order valence-corrected chi connectivity index (χ0v) is 10.1. The smallest absolute Gasteiger partial charge is 0.0638 e. The first-order valence-electron chi connectivity index (χ1n) is 6.44. The minimum Gasteiger partial charge on any atom is -0.310 e. The molecule has 3 unspecified atom stereocenters. The van der Waals surface area contributed by atoms with E-state index in [4.69, 9.17) is 5.26 Å². The van der Waals surface area contributed by atoms with Crippen molar-refractivity contribution in [3.63, 3.8) is 0 Å². The van der Waals surface area contributed by atoms with Crippen molar-refractivity contribution in [3.8, 4) is 6.07 Å². The van der Waals surface area contributed by atoms with Gasteiger partial charge in [0, 0.05) is 12.1 Å². The summed E-state index contributed by atoms with van der Waals surface area (Å²) in [5.41, 5.74) is 0. The second kappa shape index (κ2) is 6.85. The van der Waals surface area contributed by atoms with E-state index in [1.165, 1.54) is 32.1 Å². The van der Waals surface area contributed by atoms with Crippen LogP contribution < -0.4 is 5.32 Å². The van der Waals surface area contributed by atoms with E-state index in [0.29, 0.717) is 18.5 Å². The fraction of sp³-hybridized carbons (Fsp3) is 0.923. The van der Waals surface area contributed by atoms with Gasteiger partial charge >= 0.3 is 0 Å². The molecule has 86 valence electrons. The molecule has 1 aliphatic rings. The molecule has 0 aromatic rings. The van der Waals surface area contributed by atoms with Crippen LogP contribution in [0.4, 0.5) is 0 Å². The van der Waals surface area contributed by atoms with E-state index in [0.717, 1.165) is 12.3 Å². The molecule has 0 radical (unpaired) electrons. The molecule has 2 heteroatoms. The van der Waals surface area contributed by atoms with Gasteiger partial charge in [-0.2, -0.15) is 5.26 Å². The highest BCUT2D eigenvalue weighted by molar-refractivity contribution is 4.86. The summed E-state index contributed by atoms with van der Waals surface area (Å²) in [7, 11) is 0. The summed E-state index contributed by atoms with van der Waals surface area (Å²) >= 11 is 0. The number of nitrogens with zero attached hydrogens (tertiary/aromatic N) is 1. The van der Waals surface area contributed by atoms with E-state index in [1.54, 1.807) is 0 Å². The summed E-state index contributed by atoms with van der Waals surface area (Å²) in [5, 5.41) is 12.4. The van der Waals surface area contributed by atoms with Crippen molar-refractivity contribution in [2.75, 3.05) is 0 Å². The standard InChI is InChI=1S/C13H24N2/c1-3-11-7-5-6-8-13(11)15-12(4-2)9-10-14/h11-13,15H,3-9H2,1-2H3. The van der Waals surface area contributed by atoms with Gasteiger partial charge < -0.3 is 5.32 Å². The lowest BCUT2D eigenvalue weighted by molar-refractivity contribution is 0.234. The van der Waals surface area contributed by atoms with E-state index in [2.05, 4.69) is 25.2 Å². The summed E-state index contributed by atoms with van der Waals surface area (Å²) < 4.78 is 0. The van der Waals surface area contributed by atoms with Gasteiger partial charge in [0.1, 0.15) is 0 Å². The van der Waals surface area contributed by atoms with Gasteiger partial charge in [0.05, 0.1) is 12.5 Å². The summed E-state index contributed by atoms with van der Waals surface area (Å²) in [5.74, 6) is 0.839. The van der Waals surface area contributed by atoms with Crippen LogP contribution in [0.15, 0.2) is 0 Å². The largest absolute Gasteiger partial charge is 0.310 e. The monoisotopic (exact) mass is 208 g/mol. The Morgan fingerprint density at radius 2 is 2.07 bits per heavy atom. The Morgan fingerprint density at radius 3 is 2.67 bits per heavy atom. The van der Waals surface area contributed by atoms with Crippen molar-refractivity contribution in [1.29, 1.82) is 5.26 Å². The van der Waals surface area contributed by atoms with Crippen LogP contribution in [0.5, 0.6) is 0 Å². The van der Waals surface area contributed by atoms with E-state index < -0.39 is 0 Å². The lowest BCUT2D eigenvalue weighted by Gasteiger charge is -2.34. The normalized spacial score (nSPS) is 28.3. The molecule has 0 saturated heterocycles. The topological polar surface area (TPSA) is 35.8 Å². The maximum atomic E-state index is 8.73. The van der Waals surface area contributed by atoms with Crippen LogP contribution in [0, 0.1) is 17.2 Å². The average Bonchev–Trinajstić information content (AvgIpc) is 2.29. The summed E-state index contributed by atoms with van der Waals surface area (Å²) in [6.45, 7) is 4.45. The number of hydrogen-bond acceptors (Lipinski definition) is 2. The number of nitrogens with one attached hydrogen (secondary N) is 1. The van der Waals surface area contributed by atoms with Crippen molar-refractivity contribution < 1.29 is 0 Å². The summed E-state index contributed by atoms with van der Waals surface area (Å²) in [6, 6.07) is 3.36. The molecule has 15 heavy (non-hydrogen) atoms. The third-order valence-electron chi connectivity index (χ3n) is 3.71. The molecule has 1 N–H and O–H groups in total. The van der Waals surface area contributed by atoms with Crippen LogP contribution in [-0.4, -0.2) is 12.1 Å². The first kappa shape index (κ1) is 12.5. The summed E-state index contributed by atoms with van der Waals surface area (Å²) in [6.07, 6.45) is 8.44. The molecule has 0 aromatic carbocycles. The van der Waals surface area contributed by atoms with Gasteiger partial charge in [-0.25, -0.2) is 0 Å². The van der Waals surface area contributed by atoms with Crippen LogP contribution >= 0.6 is 0 Å². The summed E-state index contributed by atoms with van der Waals surface area (Å²) in [4.78, 5) is 0. The first-order chi connectivity index (χ1) is 7.31. The van der Waals surface area contributed by atoms with E-state index in [1.807, 2.05) is 0 Å². The molecule has 1 rings (SSSR count). The lowest BCUT2D eigenvalue weighted by atomic mass is 9.82. The van der Waals surface area contributed by atoms with Crippen LogP contribution in [-0.2, 0) is 0 Å². The Hall–Kier alpha value is -0.550. The second-order valence-corrected chi connectivity index (χ2v) is 4.69. The van der Waals surface area contributed by atoms with Crippen LogP contribution in [0.1, 0.15) is 58.8 Å². The van der Waals surface area contributed by atoms with Crippen LogP contribution in [0.25, 0.3) is 0 Å². The Kier molecular flexibility index (Phi) is 5.71. The fourth-order valence-corrected chi connectivity index (χ4v) is 2.65. The molecule has 0 heterocycles. The molecule has 0 spiro atoms. The van der Waals surface area contributed by atoms with Gasteiger partial charge in [0.2, 0.25) is 0 Å². The van der Waals surface area contributed by atoms with E-state index in [-0.39, 0.29) is 0 Å². The van der Waals surface area contributed by atoms with Gasteiger partial charge in [0.15, 0.2) is 0 Å². The third-order valence-corrected chi connectivity index (χ3v) is 3.71. The average molecular weight is 208 g/mol. The van der Waals surface area contributed by atoms with Gasteiger partial charge in [-0.1, -0.05) is 33.1 Å². The van der Waals surface area contributed by atoms with Crippen molar-refractivity contribution in [1.82, 2.24) is 5.32 Å². The minimum atomic E-state index is 0.409. The first-order valence-corrected chi connectivity index (χ1v) is 6.44. The molecular formula is C13H24N2. The maximum absolute atomic E-state index is 8.73. The predicted octanol–water partition coefficient (Wildman–Crippen LogP) is 3.24. The number of nitriles is 1. The highest BCUT2D eigenvalue weighted by Gasteiger charge is 2.24. The maximum Gasteiger partial charge on any atom is 0.0638 e. The Labute approximate surface area is 94.1 Å². The zero-order chi connectivity index (χ0) is 11.1. The van der Waals surface area contributed by atoms with Gasteiger partial charge in [0.25, 0.3) is 0 Å².